The van der Waals surface area contributed by atoms with Gasteiger partial charge in [0.15, 0.2) is 0 Å². The highest BCUT2D eigenvalue weighted by molar-refractivity contribution is 5.98. The van der Waals surface area contributed by atoms with Gasteiger partial charge in [0.05, 0.1) is 12.1 Å². The maximum Gasteiger partial charge on any atom is 0.244 e. The van der Waals surface area contributed by atoms with Gasteiger partial charge in [-0.05, 0) is 30.5 Å². The Balaban J connectivity index is 2.07. The lowest BCUT2D eigenvalue weighted by Crippen LogP contribution is -2.48. The Morgan fingerprint density at radius 1 is 1.41 bits per heavy atom. The molecule has 4 nitrogen and oxygen atoms in total. The molecule has 1 saturated carbocycles. The molecule has 0 saturated heterocycles. The van der Waals surface area contributed by atoms with E-state index in [9.17, 15) is 4.79 Å². The average molecular weight is 234 g/mol. The van der Waals surface area contributed by atoms with Crippen LogP contribution in [0.5, 0.6) is 0 Å². The second-order valence-electron chi connectivity index (χ2n) is 4.68. The van der Waals surface area contributed by atoms with Crippen molar-refractivity contribution in [1.82, 2.24) is 0 Å². The van der Waals surface area contributed by atoms with E-state index in [-0.39, 0.29) is 12.5 Å². The van der Waals surface area contributed by atoms with E-state index in [4.69, 9.17) is 10.8 Å². The maximum atomic E-state index is 12.0. The number of aliphatic hydroxyl groups is 1. The van der Waals surface area contributed by atoms with Gasteiger partial charge in [-0.3, -0.25) is 4.79 Å². The lowest BCUT2D eigenvalue weighted by atomic mass is 9.98. The van der Waals surface area contributed by atoms with Crippen molar-refractivity contribution in [3.8, 4) is 0 Å². The second-order valence-corrected chi connectivity index (χ2v) is 4.68. The van der Waals surface area contributed by atoms with E-state index in [1.807, 2.05) is 6.07 Å². The zero-order valence-corrected chi connectivity index (χ0v) is 9.78. The summed E-state index contributed by atoms with van der Waals surface area (Å²) in [4.78, 5) is 12.0. The molecule has 1 fully saturated rings. The number of rotatable bonds is 3. The Kier molecular flexibility index (Phi) is 3.45. The lowest BCUT2D eigenvalue weighted by molar-refractivity contribution is -0.121. The molecule has 1 aromatic carbocycles. The predicted molar refractivity (Wildman–Crippen MR) is 66.4 cm³/mol. The van der Waals surface area contributed by atoms with Gasteiger partial charge in [0.2, 0.25) is 5.91 Å². The van der Waals surface area contributed by atoms with E-state index in [1.165, 1.54) is 0 Å². The van der Waals surface area contributed by atoms with Crippen molar-refractivity contribution in [2.45, 2.75) is 37.8 Å². The van der Waals surface area contributed by atoms with Gasteiger partial charge in [-0.1, -0.05) is 25.0 Å². The summed E-state index contributed by atoms with van der Waals surface area (Å²) in [5.74, 6) is -0.120. The largest absolute Gasteiger partial charge is 0.392 e. The first-order chi connectivity index (χ1) is 8.14. The molecular weight excluding hydrogens is 216 g/mol. The molecule has 0 heterocycles. The number of amides is 1. The molecular formula is C13H18N2O2. The Morgan fingerprint density at radius 2 is 2.12 bits per heavy atom. The summed E-state index contributed by atoms with van der Waals surface area (Å²) in [6.45, 7) is -0.0303. The molecule has 0 aliphatic heterocycles. The van der Waals surface area contributed by atoms with Crippen LogP contribution in [0.4, 0.5) is 5.69 Å². The van der Waals surface area contributed by atoms with Crippen molar-refractivity contribution in [3.63, 3.8) is 0 Å². The summed E-state index contributed by atoms with van der Waals surface area (Å²) in [7, 11) is 0. The van der Waals surface area contributed by atoms with Crippen LogP contribution >= 0.6 is 0 Å². The molecule has 4 heteroatoms. The first kappa shape index (κ1) is 12.1. The number of anilines is 1. The number of carbonyl (C=O) groups excluding carboxylic acids is 1. The van der Waals surface area contributed by atoms with E-state index in [0.29, 0.717) is 5.69 Å². The second kappa shape index (κ2) is 4.85. The average Bonchev–Trinajstić information content (AvgIpc) is 2.78. The van der Waals surface area contributed by atoms with Gasteiger partial charge in [0.25, 0.3) is 0 Å². The van der Waals surface area contributed by atoms with Crippen LogP contribution in [0.3, 0.4) is 0 Å². The third-order valence-corrected chi connectivity index (χ3v) is 3.32. The Hall–Kier alpha value is -1.39. The number of hydrogen-bond acceptors (Lipinski definition) is 3. The van der Waals surface area contributed by atoms with E-state index >= 15 is 0 Å². The highest BCUT2D eigenvalue weighted by Crippen LogP contribution is 2.28. The Labute approximate surface area is 101 Å². The molecule has 2 rings (SSSR count). The summed E-state index contributed by atoms with van der Waals surface area (Å²) in [6, 6.07) is 7.17. The predicted octanol–water partition coefficient (Wildman–Crippen LogP) is 1.39. The van der Waals surface area contributed by atoms with Gasteiger partial charge >= 0.3 is 0 Å². The van der Waals surface area contributed by atoms with Gasteiger partial charge in [-0.25, -0.2) is 0 Å². The number of aliphatic hydroxyl groups excluding tert-OH is 1. The molecule has 0 aromatic heterocycles. The number of nitrogens with one attached hydrogen (secondary N) is 1. The monoisotopic (exact) mass is 234 g/mol. The first-order valence-corrected chi connectivity index (χ1v) is 5.94. The minimum atomic E-state index is -0.713. The molecule has 4 N–H and O–H groups in total. The van der Waals surface area contributed by atoms with Crippen molar-refractivity contribution in [2.24, 2.45) is 5.73 Å². The van der Waals surface area contributed by atoms with Gasteiger partial charge in [0.1, 0.15) is 0 Å². The standard InChI is InChI=1S/C13H18N2O2/c14-13(6-1-2-7-13)12(17)15-11-5-3-4-10(8-11)9-16/h3-5,8,16H,1-2,6-7,9,14H2,(H,15,17). The Morgan fingerprint density at radius 3 is 2.76 bits per heavy atom. The van der Waals surface area contributed by atoms with Crippen LogP contribution in [0.1, 0.15) is 31.2 Å². The summed E-state index contributed by atoms with van der Waals surface area (Å²) in [6.07, 6.45) is 3.53. The van der Waals surface area contributed by atoms with Gasteiger partial charge in [-0.15, -0.1) is 0 Å². The molecule has 0 bridgehead atoms. The normalized spacial score (nSPS) is 18.0. The molecule has 17 heavy (non-hydrogen) atoms. The fourth-order valence-electron chi connectivity index (χ4n) is 2.24. The zero-order chi connectivity index (χ0) is 12.3. The number of nitrogens with two attached hydrogens (primary N) is 1. The third-order valence-electron chi connectivity index (χ3n) is 3.32. The van der Waals surface area contributed by atoms with Crippen molar-refractivity contribution < 1.29 is 9.90 Å². The molecule has 1 amide bonds. The fourth-order valence-corrected chi connectivity index (χ4v) is 2.24. The summed E-state index contributed by atoms with van der Waals surface area (Å²) in [5, 5.41) is 11.8. The van der Waals surface area contributed by atoms with E-state index < -0.39 is 5.54 Å². The summed E-state index contributed by atoms with van der Waals surface area (Å²) >= 11 is 0. The number of carbonyl (C=O) groups is 1. The van der Waals surface area contributed by atoms with E-state index in [0.717, 1.165) is 31.2 Å². The molecule has 1 aromatic rings. The van der Waals surface area contributed by atoms with E-state index in [1.54, 1.807) is 18.2 Å². The molecule has 0 spiro atoms. The number of benzene rings is 1. The van der Waals surface area contributed by atoms with Crippen LogP contribution < -0.4 is 11.1 Å². The first-order valence-electron chi connectivity index (χ1n) is 5.94. The smallest absolute Gasteiger partial charge is 0.244 e. The van der Waals surface area contributed by atoms with Crippen LogP contribution in [0.2, 0.25) is 0 Å². The van der Waals surface area contributed by atoms with E-state index in [2.05, 4.69) is 5.32 Å². The molecule has 0 unspecified atom stereocenters. The summed E-state index contributed by atoms with van der Waals surface area (Å²) in [5.41, 5.74) is 6.82. The zero-order valence-electron chi connectivity index (χ0n) is 9.78. The topological polar surface area (TPSA) is 75.4 Å². The van der Waals surface area contributed by atoms with Crippen molar-refractivity contribution >= 4 is 11.6 Å². The van der Waals surface area contributed by atoms with Crippen LogP contribution in [-0.4, -0.2) is 16.6 Å². The number of hydrogen-bond donors (Lipinski definition) is 3. The molecule has 1 aliphatic rings. The van der Waals surface area contributed by atoms with Crippen LogP contribution in [0.25, 0.3) is 0 Å². The minimum Gasteiger partial charge on any atom is -0.392 e. The fraction of sp³-hybridized carbons (Fsp3) is 0.462. The van der Waals surface area contributed by atoms with Crippen LogP contribution in [-0.2, 0) is 11.4 Å². The van der Waals surface area contributed by atoms with Gasteiger partial charge in [0, 0.05) is 5.69 Å². The quantitative estimate of drug-likeness (QED) is 0.739. The third kappa shape index (κ3) is 2.65. The van der Waals surface area contributed by atoms with Crippen molar-refractivity contribution in [2.75, 3.05) is 5.32 Å². The molecule has 1 aliphatic carbocycles. The highest BCUT2D eigenvalue weighted by Gasteiger charge is 2.36. The molecule has 0 radical (unpaired) electrons. The maximum absolute atomic E-state index is 12.0. The van der Waals surface area contributed by atoms with Crippen LogP contribution in [0.15, 0.2) is 24.3 Å². The van der Waals surface area contributed by atoms with Gasteiger partial charge in [-0.2, -0.15) is 0 Å². The van der Waals surface area contributed by atoms with Crippen molar-refractivity contribution in [3.05, 3.63) is 29.8 Å². The Bertz CT molecular complexity index is 412. The SMILES string of the molecule is NC1(C(=O)Nc2cccc(CO)c2)CCCC1. The summed E-state index contributed by atoms with van der Waals surface area (Å²) < 4.78 is 0. The highest BCUT2D eigenvalue weighted by atomic mass is 16.3. The van der Waals surface area contributed by atoms with Crippen LogP contribution in [0, 0.1) is 0 Å². The molecule has 92 valence electrons. The molecule has 0 atom stereocenters. The van der Waals surface area contributed by atoms with Gasteiger partial charge < -0.3 is 16.2 Å². The minimum absolute atomic E-state index is 0.0303. The lowest BCUT2D eigenvalue weighted by Gasteiger charge is -2.22. The van der Waals surface area contributed by atoms with Crippen molar-refractivity contribution in [1.29, 1.82) is 0 Å².